The van der Waals surface area contributed by atoms with E-state index in [0.29, 0.717) is 0 Å². The molecular weight excluding hydrogens is 295 g/mol. The van der Waals surface area contributed by atoms with Crippen molar-refractivity contribution in [2.45, 2.75) is 129 Å². The number of rotatable bonds is 19. The summed E-state index contributed by atoms with van der Waals surface area (Å²) >= 11 is 0. The van der Waals surface area contributed by atoms with Crippen molar-refractivity contribution in [1.29, 1.82) is 0 Å². The lowest BCUT2D eigenvalue weighted by atomic mass is 10.0. The van der Waals surface area contributed by atoms with Gasteiger partial charge in [0, 0.05) is 0 Å². The molecule has 0 aromatic heterocycles. The first-order valence-corrected chi connectivity index (χ1v) is 11.2. The van der Waals surface area contributed by atoms with E-state index in [1.54, 1.807) is 0 Å². The molecule has 0 nitrogen and oxygen atoms in total. The van der Waals surface area contributed by atoms with Crippen molar-refractivity contribution >= 4 is 9.24 Å². The molecule has 0 heterocycles. The molecule has 0 aromatic carbocycles. The molecule has 0 saturated carbocycles. The summed E-state index contributed by atoms with van der Waals surface area (Å²) in [6.45, 7) is 2.30. The lowest BCUT2D eigenvalue weighted by Crippen LogP contribution is -1.84. The Bertz CT molecular complexity index is 222. The zero-order valence-electron chi connectivity index (χ0n) is 16.0. The maximum Gasteiger partial charge on any atom is -0.0146 e. The molecule has 1 heteroatoms. The van der Waals surface area contributed by atoms with Gasteiger partial charge in [-0.15, -0.1) is 0 Å². The Balaban J connectivity index is 2.95. The first kappa shape index (κ1) is 23.2. The van der Waals surface area contributed by atoms with Gasteiger partial charge in [-0.3, -0.25) is 0 Å². The van der Waals surface area contributed by atoms with Crippen LogP contribution in [0.1, 0.15) is 129 Å². The summed E-state index contributed by atoms with van der Waals surface area (Å²) in [4.78, 5) is 0. The van der Waals surface area contributed by atoms with Gasteiger partial charge in [0.15, 0.2) is 0 Å². The molecule has 0 unspecified atom stereocenters. The predicted molar refractivity (Wildman–Crippen MR) is 109 cm³/mol. The maximum absolute atomic E-state index is 4.08. The SMILES string of the molecule is CCCCCCCCCCCCCCCCCCCCC=C[P]. The predicted octanol–water partition coefficient (Wildman–Crippen LogP) is 9.34. The van der Waals surface area contributed by atoms with Crippen LogP contribution >= 0.6 is 9.24 Å². The van der Waals surface area contributed by atoms with Gasteiger partial charge < -0.3 is 0 Å². The van der Waals surface area contributed by atoms with E-state index in [-0.39, 0.29) is 0 Å². The molecule has 0 atom stereocenters. The monoisotopic (exact) mass is 338 g/mol. The lowest BCUT2D eigenvalue weighted by molar-refractivity contribution is 0.525. The standard InChI is InChI=1S/C22H43P/c1-2-3-4-5-6-7-8-9-10-11-12-13-14-15-16-17-18-19-20-21-22-23/h21-22H,2-20H2,1H3. The second kappa shape index (κ2) is 22.2. The Morgan fingerprint density at radius 1 is 0.478 bits per heavy atom. The normalized spacial score (nSPS) is 11.6. The van der Waals surface area contributed by atoms with Crippen LogP contribution in [0.25, 0.3) is 0 Å². The fourth-order valence-electron chi connectivity index (χ4n) is 3.24. The van der Waals surface area contributed by atoms with Crippen molar-refractivity contribution in [3.8, 4) is 0 Å². The molecule has 2 radical (unpaired) electrons. The van der Waals surface area contributed by atoms with Crippen LogP contribution in [-0.4, -0.2) is 0 Å². The van der Waals surface area contributed by atoms with Crippen molar-refractivity contribution in [1.82, 2.24) is 0 Å². The van der Waals surface area contributed by atoms with Gasteiger partial charge in [0.1, 0.15) is 0 Å². The summed E-state index contributed by atoms with van der Waals surface area (Å²) in [7, 11) is 4.08. The molecule has 0 aliphatic carbocycles. The van der Waals surface area contributed by atoms with Crippen LogP contribution in [0.5, 0.6) is 0 Å². The van der Waals surface area contributed by atoms with Crippen LogP contribution in [0.15, 0.2) is 11.9 Å². The van der Waals surface area contributed by atoms with Crippen LogP contribution in [-0.2, 0) is 0 Å². The van der Waals surface area contributed by atoms with Crippen LogP contribution < -0.4 is 0 Å². The summed E-state index contributed by atoms with van der Waals surface area (Å²) < 4.78 is 0. The Labute approximate surface area is 150 Å². The molecule has 0 aliphatic heterocycles. The van der Waals surface area contributed by atoms with Gasteiger partial charge in [-0.05, 0) is 22.1 Å². The molecular formula is C22H43P. The van der Waals surface area contributed by atoms with Crippen molar-refractivity contribution in [3.63, 3.8) is 0 Å². The Morgan fingerprint density at radius 3 is 1.09 bits per heavy atom. The minimum absolute atomic E-state index is 1.21. The fraction of sp³-hybridized carbons (Fsp3) is 0.909. The smallest absolute Gasteiger partial charge is 0.0146 e. The van der Waals surface area contributed by atoms with E-state index in [2.05, 4.69) is 22.2 Å². The molecule has 23 heavy (non-hydrogen) atoms. The quantitative estimate of drug-likeness (QED) is 0.162. The van der Waals surface area contributed by atoms with E-state index in [4.69, 9.17) is 0 Å². The highest BCUT2D eigenvalue weighted by Gasteiger charge is 1.94. The fourth-order valence-corrected chi connectivity index (χ4v) is 3.39. The third-order valence-electron chi connectivity index (χ3n) is 4.83. The largest absolute Gasteiger partial charge is 0.0834 e. The summed E-state index contributed by atoms with van der Waals surface area (Å²) in [5, 5.41) is 0. The van der Waals surface area contributed by atoms with Crippen molar-refractivity contribution in [2.75, 3.05) is 0 Å². The number of allylic oxidation sites excluding steroid dienone is 1. The van der Waals surface area contributed by atoms with Crippen LogP contribution in [0.3, 0.4) is 0 Å². The number of unbranched alkanes of at least 4 members (excludes halogenated alkanes) is 18. The van der Waals surface area contributed by atoms with Gasteiger partial charge in [-0.25, -0.2) is 0 Å². The highest BCUT2D eigenvalue weighted by Crippen LogP contribution is 2.14. The van der Waals surface area contributed by atoms with E-state index in [9.17, 15) is 0 Å². The highest BCUT2D eigenvalue weighted by atomic mass is 31.0. The summed E-state index contributed by atoms with van der Waals surface area (Å²) in [6.07, 6.45) is 29.5. The van der Waals surface area contributed by atoms with Crippen LogP contribution in [0.4, 0.5) is 0 Å². The Morgan fingerprint density at radius 2 is 0.783 bits per heavy atom. The summed E-state index contributed by atoms with van der Waals surface area (Å²) in [5.41, 5.74) is 0. The molecule has 136 valence electrons. The third-order valence-corrected chi connectivity index (χ3v) is 5.04. The van der Waals surface area contributed by atoms with E-state index < -0.39 is 0 Å². The Hall–Kier alpha value is 0.170. The molecule has 0 N–H and O–H groups in total. The van der Waals surface area contributed by atoms with Gasteiger partial charge in [-0.2, -0.15) is 0 Å². The van der Waals surface area contributed by atoms with Gasteiger partial charge in [0.05, 0.1) is 0 Å². The number of hydrogen-bond acceptors (Lipinski definition) is 0. The number of hydrogen-bond donors (Lipinski definition) is 0. The minimum atomic E-state index is 1.21. The second-order valence-electron chi connectivity index (χ2n) is 7.18. The van der Waals surface area contributed by atoms with E-state index in [1.165, 1.54) is 122 Å². The highest BCUT2D eigenvalue weighted by molar-refractivity contribution is 7.20. The molecule has 0 bridgehead atoms. The molecule has 0 aromatic rings. The van der Waals surface area contributed by atoms with E-state index >= 15 is 0 Å². The molecule has 0 spiro atoms. The second-order valence-corrected chi connectivity index (χ2v) is 7.48. The topological polar surface area (TPSA) is 0 Å². The Kier molecular flexibility index (Phi) is 22.3. The first-order valence-electron chi connectivity index (χ1n) is 10.7. The average molecular weight is 339 g/mol. The molecule has 0 rings (SSSR count). The molecule has 0 fully saturated rings. The minimum Gasteiger partial charge on any atom is -0.0834 e. The molecule has 0 amide bonds. The average Bonchev–Trinajstić information content (AvgIpc) is 2.57. The summed E-state index contributed by atoms with van der Waals surface area (Å²) in [6, 6.07) is 0. The van der Waals surface area contributed by atoms with Crippen molar-refractivity contribution in [2.24, 2.45) is 0 Å². The van der Waals surface area contributed by atoms with Gasteiger partial charge in [0.25, 0.3) is 0 Å². The van der Waals surface area contributed by atoms with Crippen LogP contribution in [0, 0.1) is 0 Å². The van der Waals surface area contributed by atoms with E-state index in [1.807, 2.05) is 5.82 Å². The van der Waals surface area contributed by atoms with Crippen LogP contribution in [0.2, 0.25) is 0 Å². The van der Waals surface area contributed by atoms with Gasteiger partial charge in [0.2, 0.25) is 0 Å². The lowest BCUT2D eigenvalue weighted by Gasteiger charge is -2.03. The van der Waals surface area contributed by atoms with Crippen molar-refractivity contribution < 1.29 is 0 Å². The first-order chi connectivity index (χ1) is 11.4. The summed E-state index contributed by atoms with van der Waals surface area (Å²) in [5.74, 6) is 1.87. The maximum atomic E-state index is 4.08. The van der Waals surface area contributed by atoms with Gasteiger partial charge >= 0.3 is 0 Å². The molecule has 0 saturated heterocycles. The zero-order chi connectivity index (χ0) is 16.8. The van der Waals surface area contributed by atoms with E-state index in [0.717, 1.165) is 0 Å². The zero-order valence-corrected chi connectivity index (χ0v) is 16.9. The third kappa shape index (κ3) is 22.2. The van der Waals surface area contributed by atoms with Crippen molar-refractivity contribution in [3.05, 3.63) is 11.9 Å². The van der Waals surface area contributed by atoms with Gasteiger partial charge in [-0.1, -0.05) is 128 Å². The molecule has 0 aliphatic rings.